The van der Waals surface area contributed by atoms with Crippen LogP contribution < -0.4 is 14.4 Å². The number of anilines is 1. The van der Waals surface area contributed by atoms with Crippen LogP contribution in [0, 0.1) is 0 Å². The van der Waals surface area contributed by atoms with Crippen molar-refractivity contribution < 1.29 is 17.9 Å². The second-order valence-corrected chi connectivity index (χ2v) is 10.6. The summed E-state index contributed by atoms with van der Waals surface area (Å²) in [4.78, 5) is 17.0. The second kappa shape index (κ2) is 11.4. The Bertz CT molecular complexity index is 1390. The first-order chi connectivity index (χ1) is 17.4. The van der Waals surface area contributed by atoms with E-state index in [1.807, 2.05) is 42.0 Å². The van der Waals surface area contributed by atoms with E-state index in [2.05, 4.69) is 26.2 Å². The van der Waals surface area contributed by atoms with Crippen LogP contribution in [-0.2, 0) is 21.4 Å². The van der Waals surface area contributed by atoms with Crippen molar-refractivity contribution in [2.45, 2.75) is 18.4 Å². The molecule has 3 aromatic carbocycles. The number of hydrogen-bond donors (Lipinski definition) is 1. The minimum atomic E-state index is -4.00. The van der Waals surface area contributed by atoms with Gasteiger partial charge in [-0.05, 0) is 73.2 Å². The standard InChI is InChI=1S/C26H25BrN4O4S/c1-2-35-24-11-9-23(10-12-24)31(36(33,34)25-13-5-21(27)6-14-25)18-26(32)29-17-20-3-7-22(8-4-20)30-16-15-28-19-30/h3-16,19H,2,17-18H2,1H3,(H,29,32). The summed E-state index contributed by atoms with van der Waals surface area (Å²) in [5, 5.41) is 2.82. The van der Waals surface area contributed by atoms with Gasteiger partial charge < -0.3 is 14.6 Å². The van der Waals surface area contributed by atoms with Crippen LogP contribution in [0.4, 0.5) is 5.69 Å². The maximum atomic E-state index is 13.5. The van der Waals surface area contributed by atoms with E-state index in [0.717, 1.165) is 20.0 Å². The molecule has 0 aliphatic carbocycles. The number of ether oxygens (including phenoxy) is 1. The zero-order chi connectivity index (χ0) is 25.5. The zero-order valence-corrected chi connectivity index (χ0v) is 21.9. The van der Waals surface area contributed by atoms with E-state index in [4.69, 9.17) is 4.74 Å². The summed E-state index contributed by atoms with van der Waals surface area (Å²) < 4.78 is 36.2. The van der Waals surface area contributed by atoms with Gasteiger partial charge in [0.2, 0.25) is 5.91 Å². The van der Waals surface area contributed by atoms with E-state index in [1.165, 1.54) is 12.1 Å². The van der Waals surface area contributed by atoms with Gasteiger partial charge in [-0.2, -0.15) is 0 Å². The minimum absolute atomic E-state index is 0.0856. The lowest BCUT2D eigenvalue weighted by Crippen LogP contribution is -2.40. The summed E-state index contributed by atoms with van der Waals surface area (Å²) in [6.07, 6.45) is 5.25. The topological polar surface area (TPSA) is 93.5 Å². The van der Waals surface area contributed by atoms with Gasteiger partial charge >= 0.3 is 0 Å². The van der Waals surface area contributed by atoms with Crippen LogP contribution in [0.2, 0.25) is 0 Å². The maximum Gasteiger partial charge on any atom is 0.264 e. The third-order valence-electron chi connectivity index (χ3n) is 5.35. The Kier molecular flexibility index (Phi) is 8.07. The summed E-state index contributed by atoms with van der Waals surface area (Å²) >= 11 is 3.32. The van der Waals surface area contributed by atoms with Crippen LogP contribution in [0.25, 0.3) is 5.69 Å². The molecule has 0 unspecified atom stereocenters. The third-order valence-corrected chi connectivity index (χ3v) is 7.67. The zero-order valence-electron chi connectivity index (χ0n) is 19.5. The number of halogens is 1. The van der Waals surface area contributed by atoms with E-state index in [1.54, 1.807) is 48.9 Å². The molecule has 0 spiro atoms. The molecule has 8 nitrogen and oxygen atoms in total. The predicted molar refractivity (Wildman–Crippen MR) is 142 cm³/mol. The molecule has 36 heavy (non-hydrogen) atoms. The summed E-state index contributed by atoms with van der Waals surface area (Å²) in [6, 6.07) is 20.6. The highest BCUT2D eigenvalue weighted by Gasteiger charge is 2.27. The third kappa shape index (κ3) is 6.13. The Morgan fingerprint density at radius 3 is 2.33 bits per heavy atom. The molecule has 4 rings (SSSR count). The fourth-order valence-electron chi connectivity index (χ4n) is 3.51. The van der Waals surface area contributed by atoms with Crippen molar-refractivity contribution in [1.29, 1.82) is 0 Å². The van der Waals surface area contributed by atoms with Gasteiger partial charge in [0.15, 0.2) is 0 Å². The highest BCUT2D eigenvalue weighted by atomic mass is 79.9. The van der Waals surface area contributed by atoms with Gasteiger partial charge in [0.1, 0.15) is 12.3 Å². The Morgan fingerprint density at radius 2 is 1.72 bits per heavy atom. The fraction of sp³-hybridized carbons (Fsp3) is 0.154. The van der Waals surface area contributed by atoms with Crippen LogP contribution in [0.3, 0.4) is 0 Å². The first kappa shape index (κ1) is 25.5. The van der Waals surface area contributed by atoms with Gasteiger partial charge in [0.05, 0.1) is 23.5 Å². The number of aromatic nitrogens is 2. The monoisotopic (exact) mass is 568 g/mol. The van der Waals surface area contributed by atoms with Crippen molar-refractivity contribution in [1.82, 2.24) is 14.9 Å². The average Bonchev–Trinajstić information content (AvgIpc) is 3.42. The van der Waals surface area contributed by atoms with Crippen molar-refractivity contribution in [3.8, 4) is 11.4 Å². The van der Waals surface area contributed by atoms with Gasteiger partial charge in [-0.25, -0.2) is 13.4 Å². The van der Waals surface area contributed by atoms with Crippen molar-refractivity contribution in [2.24, 2.45) is 0 Å². The van der Waals surface area contributed by atoms with Crippen LogP contribution in [0.15, 0.2) is 101 Å². The second-order valence-electron chi connectivity index (χ2n) is 7.81. The summed E-state index contributed by atoms with van der Waals surface area (Å²) in [5.74, 6) is 0.189. The molecule has 0 saturated carbocycles. The van der Waals surface area contributed by atoms with Gasteiger partial charge in [0.25, 0.3) is 10.0 Å². The van der Waals surface area contributed by atoms with Gasteiger partial charge in [0, 0.05) is 29.1 Å². The van der Waals surface area contributed by atoms with Crippen LogP contribution in [0.5, 0.6) is 5.75 Å². The van der Waals surface area contributed by atoms with Crippen LogP contribution >= 0.6 is 15.9 Å². The fourth-order valence-corrected chi connectivity index (χ4v) is 5.19. The molecule has 4 aromatic rings. The summed E-state index contributed by atoms with van der Waals surface area (Å²) in [5.41, 5.74) is 2.20. The smallest absolute Gasteiger partial charge is 0.264 e. The summed E-state index contributed by atoms with van der Waals surface area (Å²) in [6.45, 7) is 2.25. The highest BCUT2D eigenvalue weighted by molar-refractivity contribution is 9.10. The van der Waals surface area contributed by atoms with E-state index >= 15 is 0 Å². The van der Waals surface area contributed by atoms with Crippen LogP contribution in [0.1, 0.15) is 12.5 Å². The molecule has 186 valence electrons. The molecule has 0 fully saturated rings. The van der Waals surface area contributed by atoms with E-state index < -0.39 is 15.9 Å². The average molecular weight is 569 g/mol. The van der Waals surface area contributed by atoms with Gasteiger partial charge in [-0.15, -0.1) is 0 Å². The van der Waals surface area contributed by atoms with Crippen molar-refractivity contribution in [3.05, 3.63) is 102 Å². The Hall–Kier alpha value is -3.63. The van der Waals surface area contributed by atoms with Crippen LogP contribution in [-0.4, -0.2) is 37.0 Å². The summed E-state index contributed by atoms with van der Waals surface area (Å²) in [7, 11) is -4.00. The number of imidazole rings is 1. The normalized spacial score (nSPS) is 11.2. The first-order valence-electron chi connectivity index (χ1n) is 11.2. The molecular formula is C26H25BrN4O4S. The molecule has 1 N–H and O–H groups in total. The Morgan fingerprint density at radius 1 is 1.03 bits per heavy atom. The molecule has 0 aliphatic rings. The number of benzene rings is 3. The van der Waals surface area contributed by atoms with E-state index in [0.29, 0.717) is 18.0 Å². The lowest BCUT2D eigenvalue weighted by Gasteiger charge is -2.24. The quantitative estimate of drug-likeness (QED) is 0.303. The molecule has 0 aliphatic heterocycles. The maximum absolute atomic E-state index is 13.5. The number of rotatable bonds is 10. The van der Waals surface area contributed by atoms with E-state index in [-0.39, 0.29) is 18.0 Å². The number of hydrogen-bond acceptors (Lipinski definition) is 5. The molecule has 1 amide bonds. The van der Waals surface area contributed by atoms with Crippen molar-refractivity contribution >= 4 is 37.5 Å². The molecular weight excluding hydrogens is 544 g/mol. The molecule has 1 aromatic heterocycles. The molecule has 0 atom stereocenters. The van der Waals surface area contributed by atoms with Crippen molar-refractivity contribution in [2.75, 3.05) is 17.5 Å². The highest BCUT2D eigenvalue weighted by Crippen LogP contribution is 2.26. The van der Waals surface area contributed by atoms with Crippen molar-refractivity contribution in [3.63, 3.8) is 0 Å². The lowest BCUT2D eigenvalue weighted by molar-refractivity contribution is -0.119. The molecule has 1 heterocycles. The molecule has 10 heteroatoms. The Balaban J connectivity index is 1.51. The molecule has 0 bridgehead atoms. The number of nitrogens with zero attached hydrogens (tertiary/aromatic N) is 3. The first-order valence-corrected chi connectivity index (χ1v) is 13.5. The number of nitrogens with one attached hydrogen (secondary N) is 1. The van der Waals surface area contributed by atoms with Gasteiger partial charge in [-0.3, -0.25) is 9.10 Å². The number of carbonyl (C=O) groups is 1. The van der Waals surface area contributed by atoms with E-state index in [9.17, 15) is 13.2 Å². The Labute approximate surface area is 218 Å². The molecule has 0 radical (unpaired) electrons. The minimum Gasteiger partial charge on any atom is -0.494 e. The SMILES string of the molecule is CCOc1ccc(N(CC(=O)NCc2ccc(-n3ccnc3)cc2)S(=O)(=O)c2ccc(Br)cc2)cc1. The number of sulfonamides is 1. The largest absolute Gasteiger partial charge is 0.494 e. The number of amides is 1. The molecule has 0 saturated heterocycles. The number of carbonyl (C=O) groups excluding carboxylic acids is 1. The van der Waals surface area contributed by atoms with Gasteiger partial charge in [-0.1, -0.05) is 28.1 Å². The lowest BCUT2D eigenvalue weighted by atomic mass is 10.2. The predicted octanol–water partition coefficient (Wildman–Crippen LogP) is 4.55.